The largest absolute Gasteiger partial charge is 0.289 e. The number of fused-ring (bicyclic) bond motifs is 1. The van der Waals surface area contributed by atoms with Gasteiger partial charge in [0.15, 0.2) is 5.78 Å². The quantitative estimate of drug-likeness (QED) is 0.740. The number of ketones is 1. The van der Waals surface area contributed by atoms with E-state index in [1.807, 2.05) is 24.3 Å². The molecule has 3 rings (SSSR count). The first-order valence-electron chi connectivity index (χ1n) is 6.46. The summed E-state index contributed by atoms with van der Waals surface area (Å²) in [6, 6.07) is 11.2. The van der Waals surface area contributed by atoms with E-state index in [4.69, 9.17) is 5.26 Å². The number of nitrogens with zero attached hydrogens (tertiary/aromatic N) is 2. The number of nitriles is 1. The van der Waals surface area contributed by atoms with E-state index in [1.165, 1.54) is 0 Å². The first-order valence-corrected chi connectivity index (χ1v) is 6.46. The summed E-state index contributed by atoms with van der Waals surface area (Å²) in [4.78, 5) is 16.5. The molecule has 0 spiro atoms. The molecule has 2 aromatic rings. The highest BCUT2D eigenvalue weighted by Crippen LogP contribution is 2.27. The minimum absolute atomic E-state index is 0.0552. The maximum Gasteiger partial charge on any atom is 0.189 e. The summed E-state index contributed by atoms with van der Waals surface area (Å²) in [5, 5.41) is 8.90. The van der Waals surface area contributed by atoms with Crippen molar-refractivity contribution in [2.24, 2.45) is 0 Å². The zero-order valence-corrected chi connectivity index (χ0v) is 10.8. The monoisotopic (exact) mass is 260 g/mol. The van der Waals surface area contributed by atoms with Crippen LogP contribution in [0.4, 0.5) is 0 Å². The fraction of sp³-hybridized carbons (Fsp3) is 0.118. The standard InChI is InChI=1S/C17H12N2O/c18-10-12-3-6-16-14(8-12)4-5-15(17(16)20)9-13-2-1-7-19-11-13/h1-3,6-9,11H,4-5H2/b15-9-. The Morgan fingerprint density at radius 3 is 2.90 bits per heavy atom. The van der Waals surface area contributed by atoms with Gasteiger partial charge in [0.1, 0.15) is 0 Å². The number of aryl methyl sites for hydroxylation is 1. The lowest BCUT2D eigenvalue weighted by Gasteiger charge is -2.17. The Labute approximate surface area is 117 Å². The zero-order valence-electron chi connectivity index (χ0n) is 10.8. The van der Waals surface area contributed by atoms with Crippen LogP contribution in [0.5, 0.6) is 0 Å². The van der Waals surface area contributed by atoms with Gasteiger partial charge < -0.3 is 0 Å². The maximum absolute atomic E-state index is 12.4. The molecule has 0 atom stereocenters. The van der Waals surface area contributed by atoms with Gasteiger partial charge in [-0.3, -0.25) is 9.78 Å². The van der Waals surface area contributed by atoms with Crippen LogP contribution in [0.3, 0.4) is 0 Å². The summed E-state index contributed by atoms with van der Waals surface area (Å²) < 4.78 is 0. The van der Waals surface area contributed by atoms with Crippen LogP contribution >= 0.6 is 0 Å². The number of carbonyl (C=O) groups is 1. The number of pyridine rings is 1. The minimum Gasteiger partial charge on any atom is -0.289 e. The Morgan fingerprint density at radius 1 is 1.25 bits per heavy atom. The average molecular weight is 260 g/mol. The van der Waals surface area contributed by atoms with Gasteiger partial charge in [0.2, 0.25) is 0 Å². The van der Waals surface area contributed by atoms with E-state index in [1.54, 1.807) is 24.5 Å². The molecule has 1 aromatic heterocycles. The van der Waals surface area contributed by atoms with Crippen molar-refractivity contribution in [3.05, 3.63) is 70.6 Å². The van der Waals surface area contributed by atoms with Gasteiger partial charge in [-0.05, 0) is 54.3 Å². The van der Waals surface area contributed by atoms with Crippen molar-refractivity contribution < 1.29 is 4.79 Å². The van der Waals surface area contributed by atoms with E-state index < -0.39 is 0 Å². The highest BCUT2D eigenvalue weighted by Gasteiger charge is 2.21. The van der Waals surface area contributed by atoms with Crippen molar-refractivity contribution in [2.45, 2.75) is 12.8 Å². The molecule has 0 radical (unpaired) electrons. The number of rotatable bonds is 1. The van der Waals surface area contributed by atoms with Gasteiger partial charge in [-0.15, -0.1) is 0 Å². The van der Waals surface area contributed by atoms with Crippen molar-refractivity contribution in [1.82, 2.24) is 4.98 Å². The number of hydrogen-bond acceptors (Lipinski definition) is 3. The molecule has 96 valence electrons. The van der Waals surface area contributed by atoms with Crippen molar-refractivity contribution in [1.29, 1.82) is 5.26 Å². The Kier molecular flexibility index (Phi) is 3.14. The van der Waals surface area contributed by atoms with Gasteiger partial charge >= 0.3 is 0 Å². The second-order valence-electron chi connectivity index (χ2n) is 4.77. The molecule has 3 heteroatoms. The summed E-state index contributed by atoms with van der Waals surface area (Å²) in [5.74, 6) is 0.0552. The molecule has 0 saturated heterocycles. The second kappa shape index (κ2) is 5.10. The number of Topliss-reactive ketones (excluding diaryl/α,β-unsaturated/α-hetero) is 1. The number of hydrogen-bond donors (Lipinski definition) is 0. The van der Waals surface area contributed by atoms with Crippen molar-refractivity contribution in [3.63, 3.8) is 0 Å². The molecule has 0 unspecified atom stereocenters. The normalized spacial score (nSPS) is 15.8. The summed E-state index contributed by atoms with van der Waals surface area (Å²) >= 11 is 0. The van der Waals surface area contributed by atoms with Crippen LogP contribution < -0.4 is 0 Å². The Hall–Kier alpha value is -2.73. The molecular weight excluding hydrogens is 248 g/mol. The van der Waals surface area contributed by atoms with Gasteiger partial charge in [0.05, 0.1) is 11.6 Å². The average Bonchev–Trinajstić information content (AvgIpc) is 2.51. The predicted molar refractivity (Wildman–Crippen MR) is 76.0 cm³/mol. The van der Waals surface area contributed by atoms with Crippen molar-refractivity contribution >= 4 is 11.9 Å². The first-order chi connectivity index (χ1) is 9.78. The fourth-order valence-corrected chi connectivity index (χ4v) is 2.45. The van der Waals surface area contributed by atoms with E-state index in [0.717, 1.165) is 23.1 Å². The molecule has 0 bridgehead atoms. The van der Waals surface area contributed by atoms with Crippen LogP contribution in [0.15, 0.2) is 48.3 Å². The smallest absolute Gasteiger partial charge is 0.189 e. The molecule has 0 fully saturated rings. The molecule has 0 saturated carbocycles. The Bertz CT molecular complexity index is 739. The molecule has 1 aliphatic carbocycles. The molecule has 0 amide bonds. The Morgan fingerprint density at radius 2 is 2.15 bits per heavy atom. The predicted octanol–water partition coefficient (Wildman–Crippen LogP) is 3.17. The lowest BCUT2D eigenvalue weighted by Crippen LogP contribution is -2.14. The highest BCUT2D eigenvalue weighted by molar-refractivity contribution is 6.13. The number of benzene rings is 1. The van der Waals surface area contributed by atoms with Crippen LogP contribution in [-0.4, -0.2) is 10.8 Å². The number of carbonyl (C=O) groups excluding carboxylic acids is 1. The number of allylic oxidation sites excluding steroid dienone is 1. The Balaban J connectivity index is 1.98. The third-order valence-corrected chi connectivity index (χ3v) is 3.46. The van der Waals surface area contributed by atoms with E-state index in [2.05, 4.69) is 11.1 Å². The minimum atomic E-state index is 0.0552. The van der Waals surface area contributed by atoms with Gasteiger partial charge in [-0.1, -0.05) is 6.07 Å². The SMILES string of the molecule is N#Cc1ccc2c(c1)CC/C(=C/c1cccnc1)C2=O. The second-order valence-corrected chi connectivity index (χ2v) is 4.77. The summed E-state index contributed by atoms with van der Waals surface area (Å²) in [6.45, 7) is 0. The van der Waals surface area contributed by atoms with Crippen LogP contribution in [0.1, 0.15) is 33.5 Å². The topological polar surface area (TPSA) is 53.8 Å². The van der Waals surface area contributed by atoms with Crippen LogP contribution in [0, 0.1) is 11.3 Å². The van der Waals surface area contributed by atoms with E-state index >= 15 is 0 Å². The summed E-state index contributed by atoms with van der Waals surface area (Å²) in [5.41, 5.74) is 4.03. The van der Waals surface area contributed by atoms with Gasteiger partial charge in [-0.25, -0.2) is 0 Å². The van der Waals surface area contributed by atoms with Gasteiger partial charge in [0.25, 0.3) is 0 Å². The third kappa shape index (κ3) is 2.24. The molecule has 3 nitrogen and oxygen atoms in total. The van der Waals surface area contributed by atoms with Gasteiger partial charge in [-0.2, -0.15) is 5.26 Å². The zero-order chi connectivity index (χ0) is 13.9. The van der Waals surface area contributed by atoms with Crippen molar-refractivity contribution in [3.8, 4) is 6.07 Å². The lowest BCUT2D eigenvalue weighted by molar-refractivity contribution is 0.102. The molecule has 0 N–H and O–H groups in total. The molecule has 1 aromatic carbocycles. The molecular formula is C17H12N2O. The summed E-state index contributed by atoms with van der Waals surface area (Å²) in [6.07, 6.45) is 6.85. The van der Waals surface area contributed by atoms with E-state index in [9.17, 15) is 4.79 Å². The molecule has 1 heterocycles. The van der Waals surface area contributed by atoms with E-state index in [0.29, 0.717) is 17.5 Å². The lowest BCUT2D eigenvalue weighted by atomic mass is 9.85. The first kappa shape index (κ1) is 12.3. The third-order valence-electron chi connectivity index (χ3n) is 3.46. The van der Waals surface area contributed by atoms with Crippen LogP contribution in [-0.2, 0) is 6.42 Å². The van der Waals surface area contributed by atoms with Crippen LogP contribution in [0.2, 0.25) is 0 Å². The van der Waals surface area contributed by atoms with E-state index in [-0.39, 0.29) is 5.78 Å². The molecule has 0 aliphatic heterocycles. The number of aromatic nitrogens is 1. The fourth-order valence-electron chi connectivity index (χ4n) is 2.45. The van der Waals surface area contributed by atoms with Crippen LogP contribution in [0.25, 0.3) is 6.08 Å². The van der Waals surface area contributed by atoms with Gasteiger partial charge in [0, 0.05) is 23.5 Å². The molecule has 20 heavy (non-hydrogen) atoms. The highest BCUT2D eigenvalue weighted by atomic mass is 16.1. The van der Waals surface area contributed by atoms with Crippen molar-refractivity contribution in [2.75, 3.05) is 0 Å². The summed E-state index contributed by atoms with van der Waals surface area (Å²) in [7, 11) is 0. The maximum atomic E-state index is 12.4. The molecule has 1 aliphatic rings.